The molecule has 0 aromatic carbocycles. The summed E-state index contributed by atoms with van der Waals surface area (Å²) < 4.78 is 35.8. The molecule has 1 aromatic rings. The highest BCUT2D eigenvalue weighted by Gasteiger charge is 2.08. The van der Waals surface area contributed by atoms with Gasteiger partial charge in [0.05, 0.1) is 0 Å². The molecule has 11 heavy (non-hydrogen) atoms. The molecule has 0 fully saturated rings. The molecule has 0 bridgehead atoms. The maximum Gasteiger partial charge on any atom is 0.264 e. The summed E-state index contributed by atoms with van der Waals surface area (Å²) in [5.74, 6) is -1.05. The Morgan fingerprint density at radius 2 is 2.00 bits per heavy atom. The van der Waals surface area contributed by atoms with Gasteiger partial charge < -0.3 is 0 Å². The predicted molar refractivity (Wildman–Crippen MR) is 32.0 cm³/mol. The van der Waals surface area contributed by atoms with Crippen LogP contribution in [0.25, 0.3) is 0 Å². The van der Waals surface area contributed by atoms with Crippen molar-refractivity contribution in [3.8, 4) is 0 Å². The van der Waals surface area contributed by atoms with Crippen molar-refractivity contribution in [1.82, 2.24) is 4.98 Å². The summed E-state index contributed by atoms with van der Waals surface area (Å²) in [6.45, 7) is 0. The van der Waals surface area contributed by atoms with Crippen molar-refractivity contribution in [1.29, 1.82) is 0 Å². The lowest BCUT2D eigenvalue weighted by Crippen LogP contribution is -2.07. The van der Waals surface area contributed by atoms with Gasteiger partial charge in [0.2, 0.25) is 0 Å². The zero-order chi connectivity index (χ0) is 8.43. The van der Waals surface area contributed by atoms with E-state index in [9.17, 15) is 18.0 Å². The summed E-state index contributed by atoms with van der Waals surface area (Å²) in [7, 11) is 0. The molecule has 0 atom stereocenters. The van der Waals surface area contributed by atoms with Crippen LogP contribution in [0.15, 0.2) is 16.9 Å². The molecular formula is C6H4F3NO. The third kappa shape index (κ3) is 1.83. The summed E-state index contributed by atoms with van der Waals surface area (Å²) in [5, 5.41) is 0. The number of pyridine rings is 1. The molecule has 60 valence electrons. The lowest BCUT2D eigenvalue weighted by atomic mass is 10.3. The van der Waals surface area contributed by atoms with Gasteiger partial charge in [0.1, 0.15) is 0 Å². The second kappa shape index (κ2) is 2.77. The number of aromatic amines is 1. The first-order chi connectivity index (χ1) is 5.09. The molecule has 0 amide bonds. The molecule has 1 heterocycles. The van der Waals surface area contributed by atoms with Crippen LogP contribution in [0.3, 0.4) is 0 Å². The summed E-state index contributed by atoms with van der Waals surface area (Å²) in [5.41, 5.74) is -1.47. The highest BCUT2D eigenvalue weighted by Crippen LogP contribution is 2.16. The quantitative estimate of drug-likeness (QED) is 0.624. The molecule has 0 saturated carbocycles. The summed E-state index contributed by atoms with van der Waals surface area (Å²) in [6, 6.07) is 1.25. The Morgan fingerprint density at radius 3 is 2.45 bits per heavy atom. The standard InChI is InChI=1S/C6H4F3NO/c7-4-1-3(6(8)9)2-5(11)10-4/h1-2,6H,(H,10,11). The van der Waals surface area contributed by atoms with Gasteiger partial charge in [-0.05, 0) is 0 Å². The fourth-order valence-electron chi connectivity index (χ4n) is 0.655. The number of hydrogen-bond acceptors (Lipinski definition) is 1. The van der Waals surface area contributed by atoms with Gasteiger partial charge in [-0.1, -0.05) is 0 Å². The Morgan fingerprint density at radius 1 is 1.36 bits per heavy atom. The van der Waals surface area contributed by atoms with Crippen molar-refractivity contribution >= 4 is 0 Å². The fourth-order valence-corrected chi connectivity index (χ4v) is 0.655. The highest BCUT2D eigenvalue weighted by atomic mass is 19.3. The van der Waals surface area contributed by atoms with E-state index in [1.54, 1.807) is 4.98 Å². The van der Waals surface area contributed by atoms with E-state index in [1.165, 1.54) is 0 Å². The van der Waals surface area contributed by atoms with Crippen molar-refractivity contribution in [2.24, 2.45) is 0 Å². The number of hydrogen-bond donors (Lipinski definition) is 1. The SMILES string of the molecule is O=c1cc(C(F)F)cc(F)[nH]1. The van der Waals surface area contributed by atoms with Crippen LogP contribution in [0, 0.1) is 5.95 Å². The largest absolute Gasteiger partial charge is 0.299 e. The molecule has 1 aromatic heterocycles. The van der Waals surface area contributed by atoms with Crippen LogP contribution in [0.2, 0.25) is 0 Å². The van der Waals surface area contributed by atoms with Crippen LogP contribution in [-0.4, -0.2) is 4.98 Å². The smallest absolute Gasteiger partial charge is 0.264 e. The Kier molecular flexibility index (Phi) is 1.98. The minimum Gasteiger partial charge on any atom is -0.299 e. The normalized spacial score (nSPS) is 10.5. The van der Waals surface area contributed by atoms with Crippen LogP contribution < -0.4 is 5.56 Å². The number of aromatic nitrogens is 1. The van der Waals surface area contributed by atoms with Crippen LogP contribution in [0.4, 0.5) is 13.2 Å². The third-order valence-corrected chi connectivity index (χ3v) is 1.09. The molecule has 5 heteroatoms. The molecule has 0 aliphatic rings. The number of rotatable bonds is 1. The number of nitrogens with one attached hydrogen (secondary N) is 1. The van der Waals surface area contributed by atoms with Gasteiger partial charge >= 0.3 is 0 Å². The molecule has 1 N–H and O–H groups in total. The van der Waals surface area contributed by atoms with Crippen molar-refractivity contribution in [3.63, 3.8) is 0 Å². The van der Waals surface area contributed by atoms with Crippen LogP contribution in [0.1, 0.15) is 12.0 Å². The molecule has 1 rings (SSSR count). The Balaban J connectivity index is 3.19. The maximum atomic E-state index is 12.2. The molecule has 0 saturated heterocycles. The molecule has 0 aliphatic heterocycles. The lowest BCUT2D eigenvalue weighted by Gasteiger charge is -1.96. The molecule has 2 nitrogen and oxygen atoms in total. The fraction of sp³-hybridized carbons (Fsp3) is 0.167. The van der Waals surface area contributed by atoms with Crippen molar-refractivity contribution in [2.45, 2.75) is 6.43 Å². The van der Waals surface area contributed by atoms with E-state index >= 15 is 0 Å². The van der Waals surface area contributed by atoms with E-state index in [2.05, 4.69) is 0 Å². The van der Waals surface area contributed by atoms with Crippen LogP contribution in [0.5, 0.6) is 0 Å². The first kappa shape index (κ1) is 7.84. The summed E-state index contributed by atoms with van der Waals surface area (Å²) in [4.78, 5) is 12.1. The zero-order valence-electron chi connectivity index (χ0n) is 5.27. The average Bonchev–Trinajstić information content (AvgIpc) is 1.85. The molecule has 0 unspecified atom stereocenters. The summed E-state index contributed by atoms with van der Waals surface area (Å²) >= 11 is 0. The van der Waals surface area contributed by atoms with E-state index < -0.39 is 23.5 Å². The number of halogens is 3. The third-order valence-electron chi connectivity index (χ3n) is 1.09. The lowest BCUT2D eigenvalue weighted by molar-refractivity contribution is 0.150. The Labute approximate surface area is 59.7 Å². The Bertz CT molecular complexity index is 307. The van der Waals surface area contributed by atoms with Crippen molar-refractivity contribution in [2.75, 3.05) is 0 Å². The number of alkyl halides is 2. The first-order valence-electron chi connectivity index (χ1n) is 2.77. The topological polar surface area (TPSA) is 32.9 Å². The van der Waals surface area contributed by atoms with Gasteiger partial charge in [0.25, 0.3) is 12.0 Å². The van der Waals surface area contributed by atoms with Gasteiger partial charge in [0, 0.05) is 17.7 Å². The van der Waals surface area contributed by atoms with Gasteiger partial charge in [-0.25, -0.2) is 8.78 Å². The second-order valence-electron chi connectivity index (χ2n) is 1.93. The molecule has 0 radical (unpaired) electrons. The average molecular weight is 163 g/mol. The molecule has 0 aliphatic carbocycles. The van der Waals surface area contributed by atoms with Gasteiger partial charge in [-0.2, -0.15) is 4.39 Å². The van der Waals surface area contributed by atoms with E-state index in [-0.39, 0.29) is 0 Å². The van der Waals surface area contributed by atoms with Crippen LogP contribution in [-0.2, 0) is 0 Å². The Hall–Kier alpha value is -1.26. The van der Waals surface area contributed by atoms with Gasteiger partial charge in [-0.3, -0.25) is 9.78 Å². The summed E-state index contributed by atoms with van der Waals surface area (Å²) in [6.07, 6.45) is -2.81. The van der Waals surface area contributed by atoms with Crippen molar-refractivity contribution < 1.29 is 13.2 Å². The van der Waals surface area contributed by atoms with E-state index in [0.717, 1.165) is 0 Å². The maximum absolute atomic E-state index is 12.2. The second-order valence-corrected chi connectivity index (χ2v) is 1.93. The van der Waals surface area contributed by atoms with Crippen molar-refractivity contribution in [3.05, 3.63) is 34.0 Å². The van der Waals surface area contributed by atoms with Crippen LogP contribution >= 0.6 is 0 Å². The minimum atomic E-state index is -2.81. The van der Waals surface area contributed by atoms with E-state index in [4.69, 9.17) is 0 Å². The number of H-pyrrole nitrogens is 1. The minimum absolute atomic E-state index is 0.589. The zero-order valence-corrected chi connectivity index (χ0v) is 5.27. The first-order valence-corrected chi connectivity index (χ1v) is 2.77. The molecule has 0 spiro atoms. The highest BCUT2D eigenvalue weighted by molar-refractivity contribution is 5.11. The predicted octanol–water partition coefficient (Wildman–Crippen LogP) is 1.45. The van der Waals surface area contributed by atoms with E-state index in [1.807, 2.05) is 0 Å². The van der Waals surface area contributed by atoms with Gasteiger partial charge in [0.15, 0.2) is 5.95 Å². The van der Waals surface area contributed by atoms with Gasteiger partial charge in [-0.15, -0.1) is 0 Å². The van der Waals surface area contributed by atoms with E-state index in [0.29, 0.717) is 12.1 Å². The molecular weight excluding hydrogens is 159 g/mol. The monoisotopic (exact) mass is 163 g/mol.